The number of benzene rings is 1. The summed E-state index contributed by atoms with van der Waals surface area (Å²) in [5.41, 5.74) is 2.96. The number of fused-ring (bicyclic) bond motifs is 1. The van der Waals surface area contributed by atoms with E-state index in [0.717, 1.165) is 11.4 Å². The number of aromatic nitrogens is 3. The molecule has 3 rings (SSSR count). The highest BCUT2D eigenvalue weighted by Gasteiger charge is 2.16. The molecule has 0 unspecified atom stereocenters. The van der Waals surface area contributed by atoms with Gasteiger partial charge < -0.3 is 10.3 Å². The van der Waals surface area contributed by atoms with Crippen LogP contribution in [0.15, 0.2) is 35.1 Å². The molecule has 2 aromatic heterocycles. The Balaban J connectivity index is 2.08. The van der Waals surface area contributed by atoms with Gasteiger partial charge in [0, 0.05) is 24.0 Å². The lowest BCUT2D eigenvalue weighted by atomic mass is 10.1. The van der Waals surface area contributed by atoms with E-state index in [2.05, 4.69) is 15.4 Å². The van der Waals surface area contributed by atoms with Gasteiger partial charge in [-0.15, -0.1) is 0 Å². The van der Waals surface area contributed by atoms with Crippen LogP contribution in [0.2, 0.25) is 0 Å². The molecule has 0 saturated heterocycles. The average Bonchev–Trinajstić information content (AvgIpc) is 2.72. The van der Waals surface area contributed by atoms with Gasteiger partial charge in [-0.3, -0.25) is 14.3 Å². The van der Waals surface area contributed by atoms with Crippen LogP contribution in [0.3, 0.4) is 0 Å². The van der Waals surface area contributed by atoms with Crippen LogP contribution in [0.25, 0.3) is 10.9 Å². The van der Waals surface area contributed by atoms with E-state index in [1.165, 1.54) is 6.07 Å². The van der Waals surface area contributed by atoms with Crippen molar-refractivity contribution in [3.05, 3.63) is 57.6 Å². The lowest BCUT2D eigenvalue weighted by Gasteiger charge is -2.08. The monoisotopic (exact) mass is 296 g/mol. The molecule has 2 N–H and O–H groups in total. The standard InChI is InChI=1S/C16H16N4O2/c1-9-15(10(2)20(3)19-9)18-16(22)12-8-14(21)17-13-7-5-4-6-11(12)13/h4-8H,1-3H3,(H,17,21)(H,18,22). The second kappa shape index (κ2) is 5.14. The number of H-pyrrole nitrogens is 1. The highest BCUT2D eigenvalue weighted by atomic mass is 16.2. The highest BCUT2D eigenvalue weighted by Crippen LogP contribution is 2.21. The van der Waals surface area contributed by atoms with Crippen molar-refractivity contribution in [2.24, 2.45) is 7.05 Å². The maximum atomic E-state index is 12.6. The number of nitrogens with zero attached hydrogens (tertiary/aromatic N) is 2. The van der Waals surface area contributed by atoms with Crippen molar-refractivity contribution < 1.29 is 4.79 Å². The van der Waals surface area contributed by atoms with Crippen molar-refractivity contribution >= 4 is 22.5 Å². The first kappa shape index (κ1) is 14.1. The van der Waals surface area contributed by atoms with Crippen LogP contribution in [0.4, 0.5) is 5.69 Å². The molecule has 2 heterocycles. The quantitative estimate of drug-likeness (QED) is 0.760. The van der Waals surface area contributed by atoms with Crippen LogP contribution >= 0.6 is 0 Å². The van der Waals surface area contributed by atoms with Crippen LogP contribution in [0.1, 0.15) is 21.7 Å². The Bertz CT molecular complexity index is 937. The summed E-state index contributed by atoms with van der Waals surface area (Å²) in [6, 6.07) is 8.54. The van der Waals surface area contributed by atoms with Crippen LogP contribution in [0.5, 0.6) is 0 Å². The van der Waals surface area contributed by atoms with Crippen molar-refractivity contribution in [2.45, 2.75) is 13.8 Å². The van der Waals surface area contributed by atoms with Gasteiger partial charge in [-0.25, -0.2) is 0 Å². The molecule has 0 fully saturated rings. The smallest absolute Gasteiger partial charge is 0.256 e. The fraction of sp³-hybridized carbons (Fsp3) is 0.188. The number of aryl methyl sites for hydroxylation is 2. The van der Waals surface area contributed by atoms with Crippen molar-refractivity contribution in [1.82, 2.24) is 14.8 Å². The molecule has 112 valence electrons. The van der Waals surface area contributed by atoms with Crippen LogP contribution < -0.4 is 10.9 Å². The summed E-state index contributed by atoms with van der Waals surface area (Å²) in [4.78, 5) is 27.1. The summed E-state index contributed by atoms with van der Waals surface area (Å²) in [7, 11) is 1.82. The van der Waals surface area contributed by atoms with Gasteiger partial charge >= 0.3 is 0 Å². The molecule has 0 atom stereocenters. The molecule has 6 heteroatoms. The second-order valence-electron chi connectivity index (χ2n) is 5.22. The molecule has 1 aromatic carbocycles. The molecule has 0 radical (unpaired) electrons. The van der Waals surface area contributed by atoms with Gasteiger partial charge in [0.1, 0.15) is 0 Å². The first-order valence-electron chi connectivity index (χ1n) is 6.91. The third kappa shape index (κ3) is 2.28. The van der Waals surface area contributed by atoms with Gasteiger partial charge in [-0.2, -0.15) is 5.10 Å². The molecule has 1 amide bonds. The minimum Gasteiger partial charge on any atom is -0.322 e. The first-order valence-corrected chi connectivity index (χ1v) is 6.91. The molecule has 0 aliphatic heterocycles. The Morgan fingerprint density at radius 1 is 1.27 bits per heavy atom. The Labute approximate surface area is 126 Å². The van der Waals surface area contributed by atoms with Gasteiger partial charge in [0.05, 0.1) is 22.6 Å². The number of amides is 1. The van der Waals surface area contributed by atoms with Crippen molar-refractivity contribution in [2.75, 3.05) is 5.32 Å². The summed E-state index contributed by atoms with van der Waals surface area (Å²) in [5, 5.41) is 7.84. The van der Waals surface area contributed by atoms with Gasteiger partial charge in [0.2, 0.25) is 5.56 Å². The number of hydrogen-bond acceptors (Lipinski definition) is 3. The van der Waals surface area contributed by atoms with E-state index in [-0.39, 0.29) is 11.5 Å². The van der Waals surface area contributed by atoms with E-state index >= 15 is 0 Å². The third-order valence-corrected chi connectivity index (χ3v) is 3.74. The summed E-state index contributed by atoms with van der Waals surface area (Å²) < 4.78 is 1.71. The zero-order chi connectivity index (χ0) is 15.9. The SMILES string of the molecule is Cc1nn(C)c(C)c1NC(=O)c1cc(=O)[nH]c2ccccc12. The van der Waals surface area contributed by atoms with Crippen LogP contribution in [-0.4, -0.2) is 20.7 Å². The van der Waals surface area contributed by atoms with Crippen molar-refractivity contribution in [3.63, 3.8) is 0 Å². The summed E-state index contributed by atoms with van der Waals surface area (Å²) in [6.45, 7) is 3.71. The molecule has 6 nitrogen and oxygen atoms in total. The number of carbonyl (C=O) groups excluding carboxylic acids is 1. The predicted octanol–water partition coefficient (Wildman–Crippen LogP) is 2.13. The largest absolute Gasteiger partial charge is 0.322 e. The Hall–Kier alpha value is -2.89. The zero-order valence-corrected chi connectivity index (χ0v) is 12.6. The van der Waals surface area contributed by atoms with Gasteiger partial charge in [-0.05, 0) is 19.9 Å². The normalized spacial score (nSPS) is 10.9. The molecule has 0 aliphatic rings. The van der Waals surface area contributed by atoms with E-state index < -0.39 is 0 Å². The molecule has 0 saturated carbocycles. The molecule has 0 spiro atoms. The molecular weight excluding hydrogens is 280 g/mol. The van der Waals surface area contributed by atoms with Gasteiger partial charge in [0.15, 0.2) is 0 Å². The molecular formula is C16H16N4O2. The molecule has 0 aliphatic carbocycles. The highest BCUT2D eigenvalue weighted by molar-refractivity contribution is 6.12. The Morgan fingerprint density at radius 3 is 2.68 bits per heavy atom. The maximum Gasteiger partial charge on any atom is 0.256 e. The lowest BCUT2D eigenvalue weighted by Crippen LogP contribution is -2.17. The summed E-state index contributed by atoms with van der Waals surface area (Å²) in [5.74, 6) is -0.318. The summed E-state index contributed by atoms with van der Waals surface area (Å²) >= 11 is 0. The minimum absolute atomic E-state index is 0.302. The number of pyridine rings is 1. The van der Waals surface area contributed by atoms with Gasteiger partial charge in [0.25, 0.3) is 5.91 Å². The zero-order valence-electron chi connectivity index (χ0n) is 12.6. The van der Waals surface area contributed by atoms with E-state index in [1.807, 2.05) is 39.1 Å². The Kier molecular flexibility index (Phi) is 3.29. The maximum absolute atomic E-state index is 12.6. The van der Waals surface area contributed by atoms with Crippen molar-refractivity contribution in [1.29, 1.82) is 0 Å². The predicted molar refractivity (Wildman–Crippen MR) is 85.2 cm³/mol. The Morgan fingerprint density at radius 2 is 2.00 bits per heavy atom. The second-order valence-corrected chi connectivity index (χ2v) is 5.22. The number of carbonyl (C=O) groups is 1. The summed E-state index contributed by atoms with van der Waals surface area (Å²) in [6.07, 6.45) is 0. The number of aromatic amines is 1. The third-order valence-electron chi connectivity index (χ3n) is 3.74. The van der Waals surface area contributed by atoms with Crippen LogP contribution in [-0.2, 0) is 7.05 Å². The van der Waals surface area contributed by atoms with E-state index in [9.17, 15) is 9.59 Å². The lowest BCUT2D eigenvalue weighted by molar-refractivity contribution is 0.102. The number of nitrogens with one attached hydrogen (secondary N) is 2. The fourth-order valence-corrected chi connectivity index (χ4v) is 2.53. The number of hydrogen-bond donors (Lipinski definition) is 2. The van der Waals surface area contributed by atoms with Crippen molar-refractivity contribution in [3.8, 4) is 0 Å². The number of rotatable bonds is 2. The molecule has 22 heavy (non-hydrogen) atoms. The number of anilines is 1. The first-order chi connectivity index (χ1) is 10.5. The fourth-order valence-electron chi connectivity index (χ4n) is 2.53. The molecule has 3 aromatic rings. The van der Waals surface area contributed by atoms with E-state index in [0.29, 0.717) is 22.2 Å². The van der Waals surface area contributed by atoms with Gasteiger partial charge in [-0.1, -0.05) is 18.2 Å². The van der Waals surface area contributed by atoms with Crippen LogP contribution in [0, 0.1) is 13.8 Å². The number of para-hydroxylation sites is 1. The van der Waals surface area contributed by atoms with E-state index in [1.54, 1.807) is 10.7 Å². The molecule has 0 bridgehead atoms. The topological polar surface area (TPSA) is 79.8 Å². The minimum atomic E-state index is -0.318. The average molecular weight is 296 g/mol. The van der Waals surface area contributed by atoms with E-state index in [4.69, 9.17) is 0 Å².